The van der Waals surface area contributed by atoms with E-state index >= 15 is 0 Å². The van der Waals surface area contributed by atoms with Gasteiger partial charge in [0.2, 0.25) is 0 Å². The molecule has 0 saturated carbocycles. The summed E-state index contributed by atoms with van der Waals surface area (Å²) in [5.41, 5.74) is 3.07. The van der Waals surface area contributed by atoms with Crippen LogP contribution in [0.1, 0.15) is 29.8 Å². The molecule has 1 unspecified atom stereocenters. The highest BCUT2D eigenvalue weighted by Gasteiger charge is 2.14. The second-order valence-electron chi connectivity index (χ2n) is 4.78. The lowest BCUT2D eigenvalue weighted by Gasteiger charge is -2.19. The maximum Gasteiger partial charge on any atom is 0.123 e. The molecule has 1 atom stereocenters. The van der Waals surface area contributed by atoms with Crippen LogP contribution in [0.5, 0.6) is 0 Å². The molecule has 2 rings (SSSR count). The fourth-order valence-corrected chi connectivity index (χ4v) is 2.57. The van der Waals surface area contributed by atoms with E-state index in [9.17, 15) is 4.39 Å². The molecule has 0 bridgehead atoms. The van der Waals surface area contributed by atoms with Crippen LogP contribution in [0.25, 0.3) is 0 Å². The zero-order valence-electron chi connectivity index (χ0n) is 11.7. The van der Waals surface area contributed by atoms with Crippen LogP contribution in [-0.4, -0.2) is 11.5 Å². The normalized spacial score (nSPS) is 12.4. The van der Waals surface area contributed by atoms with Crippen LogP contribution in [0.4, 0.5) is 4.39 Å². The Morgan fingerprint density at radius 2 is 2.10 bits per heavy atom. The third-order valence-electron chi connectivity index (χ3n) is 3.22. The first-order valence-corrected chi connectivity index (χ1v) is 7.49. The number of benzene rings is 1. The summed E-state index contributed by atoms with van der Waals surface area (Å²) in [6.45, 7) is 4.88. The standard InChI is InChI=1S/C16H18BrFN2/c1-3-19-16(12-5-4-11(2)20-10-12)9-13-8-14(18)6-7-15(13)17/h4-8,10,16,19H,3,9H2,1-2H3. The highest BCUT2D eigenvalue weighted by molar-refractivity contribution is 9.10. The second-order valence-corrected chi connectivity index (χ2v) is 5.64. The fraction of sp³-hybridized carbons (Fsp3) is 0.312. The molecule has 1 aromatic carbocycles. The van der Waals surface area contributed by atoms with Crippen LogP contribution in [0, 0.1) is 12.7 Å². The van der Waals surface area contributed by atoms with Gasteiger partial charge in [-0.05, 0) is 55.3 Å². The van der Waals surface area contributed by atoms with E-state index in [0.717, 1.165) is 34.3 Å². The first kappa shape index (κ1) is 15.1. The van der Waals surface area contributed by atoms with Crippen molar-refractivity contribution in [3.05, 3.63) is 63.6 Å². The van der Waals surface area contributed by atoms with Crippen molar-refractivity contribution in [1.82, 2.24) is 10.3 Å². The maximum atomic E-state index is 13.4. The summed E-state index contributed by atoms with van der Waals surface area (Å²) in [5.74, 6) is -0.208. The number of likely N-dealkylation sites (N-methyl/N-ethyl adjacent to an activating group) is 1. The molecular weight excluding hydrogens is 319 g/mol. The van der Waals surface area contributed by atoms with Gasteiger partial charge in [0.15, 0.2) is 0 Å². The summed E-state index contributed by atoms with van der Waals surface area (Å²) in [6, 6.07) is 9.00. The van der Waals surface area contributed by atoms with E-state index in [1.807, 2.05) is 19.2 Å². The molecular formula is C16H18BrFN2. The predicted molar refractivity (Wildman–Crippen MR) is 83.2 cm³/mol. The number of halogens is 2. The summed E-state index contributed by atoms with van der Waals surface area (Å²) in [6.07, 6.45) is 2.60. The zero-order chi connectivity index (χ0) is 14.5. The highest BCUT2D eigenvalue weighted by atomic mass is 79.9. The number of aromatic nitrogens is 1. The van der Waals surface area contributed by atoms with E-state index in [2.05, 4.69) is 39.2 Å². The summed E-state index contributed by atoms with van der Waals surface area (Å²) in [7, 11) is 0. The molecule has 0 aliphatic heterocycles. The van der Waals surface area contributed by atoms with Gasteiger partial charge in [-0.1, -0.05) is 28.9 Å². The molecule has 0 spiro atoms. The lowest BCUT2D eigenvalue weighted by Crippen LogP contribution is -2.23. The van der Waals surface area contributed by atoms with E-state index in [1.54, 1.807) is 12.1 Å². The van der Waals surface area contributed by atoms with Gasteiger partial charge >= 0.3 is 0 Å². The van der Waals surface area contributed by atoms with Gasteiger partial charge in [0, 0.05) is 22.4 Å². The largest absolute Gasteiger partial charge is 0.310 e. The minimum Gasteiger partial charge on any atom is -0.310 e. The maximum absolute atomic E-state index is 13.4. The van der Waals surface area contributed by atoms with Gasteiger partial charge in [-0.15, -0.1) is 0 Å². The molecule has 4 heteroatoms. The van der Waals surface area contributed by atoms with Crippen molar-refractivity contribution in [3.63, 3.8) is 0 Å². The molecule has 0 saturated heterocycles. The average molecular weight is 337 g/mol. The summed E-state index contributed by atoms with van der Waals surface area (Å²) in [5, 5.41) is 3.43. The molecule has 0 amide bonds. The minimum absolute atomic E-state index is 0.131. The molecule has 0 radical (unpaired) electrons. The van der Waals surface area contributed by atoms with Crippen molar-refractivity contribution in [2.75, 3.05) is 6.54 Å². The second kappa shape index (κ2) is 6.95. The lowest BCUT2D eigenvalue weighted by atomic mass is 10.00. The molecule has 0 aliphatic rings. The van der Waals surface area contributed by atoms with Crippen molar-refractivity contribution >= 4 is 15.9 Å². The monoisotopic (exact) mass is 336 g/mol. The van der Waals surface area contributed by atoms with Crippen LogP contribution < -0.4 is 5.32 Å². The van der Waals surface area contributed by atoms with Crippen molar-refractivity contribution in [2.45, 2.75) is 26.3 Å². The number of nitrogens with zero attached hydrogens (tertiary/aromatic N) is 1. The first-order valence-electron chi connectivity index (χ1n) is 6.70. The molecule has 2 aromatic rings. The number of aryl methyl sites for hydroxylation is 1. The van der Waals surface area contributed by atoms with Crippen molar-refractivity contribution in [3.8, 4) is 0 Å². The Hall–Kier alpha value is -1.26. The fourth-order valence-electron chi connectivity index (χ4n) is 2.16. The summed E-state index contributed by atoms with van der Waals surface area (Å²) < 4.78 is 14.3. The Morgan fingerprint density at radius 1 is 1.30 bits per heavy atom. The van der Waals surface area contributed by atoms with Gasteiger partial charge in [-0.2, -0.15) is 0 Å². The molecule has 1 N–H and O–H groups in total. The van der Waals surface area contributed by atoms with E-state index < -0.39 is 0 Å². The Morgan fingerprint density at radius 3 is 2.75 bits per heavy atom. The molecule has 1 aromatic heterocycles. The molecule has 0 aliphatic carbocycles. The molecule has 0 fully saturated rings. The van der Waals surface area contributed by atoms with Crippen LogP contribution in [-0.2, 0) is 6.42 Å². The van der Waals surface area contributed by atoms with Gasteiger partial charge in [0.1, 0.15) is 5.82 Å². The van der Waals surface area contributed by atoms with Gasteiger partial charge in [-0.3, -0.25) is 4.98 Å². The number of hydrogen-bond donors (Lipinski definition) is 1. The minimum atomic E-state index is -0.208. The van der Waals surface area contributed by atoms with E-state index in [0.29, 0.717) is 0 Å². The van der Waals surface area contributed by atoms with E-state index in [4.69, 9.17) is 0 Å². The third-order valence-corrected chi connectivity index (χ3v) is 3.99. The van der Waals surface area contributed by atoms with Gasteiger partial charge < -0.3 is 5.32 Å². The first-order chi connectivity index (χ1) is 9.60. The van der Waals surface area contributed by atoms with Crippen LogP contribution >= 0.6 is 15.9 Å². The van der Waals surface area contributed by atoms with Gasteiger partial charge in [0.05, 0.1) is 0 Å². The van der Waals surface area contributed by atoms with Crippen LogP contribution in [0.15, 0.2) is 41.0 Å². The highest BCUT2D eigenvalue weighted by Crippen LogP contribution is 2.24. The van der Waals surface area contributed by atoms with Crippen molar-refractivity contribution in [1.29, 1.82) is 0 Å². The molecule has 20 heavy (non-hydrogen) atoms. The van der Waals surface area contributed by atoms with Crippen molar-refractivity contribution < 1.29 is 4.39 Å². The average Bonchev–Trinajstić information content (AvgIpc) is 2.43. The SMILES string of the molecule is CCNC(Cc1cc(F)ccc1Br)c1ccc(C)nc1. The topological polar surface area (TPSA) is 24.9 Å². The Labute approximate surface area is 127 Å². The van der Waals surface area contributed by atoms with Crippen molar-refractivity contribution in [2.24, 2.45) is 0 Å². The number of rotatable bonds is 5. The van der Waals surface area contributed by atoms with E-state index in [1.165, 1.54) is 6.07 Å². The molecule has 1 heterocycles. The summed E-state index contributed by atoms with van der Waals surface area (Å²) in [4.78, 5) is 4.34. The predicted octanol–water partition coefficient (Wildman–Crippen LogP) is 4.18. The Balaban J connectivity index is 2.25. The third kappa shape index (κ3) is 3.87. The van der Waals surface area contributed by atoms with Gasteiger partial charge in [-0.25, -0.2) is 4.39 Å². The number of hydrogen-bond acceptors (Lipinski definition) is 2. The Kier molecular flexibility index (Phi) is 5.26. The molecule has 106 valence electrons. The zero-order valence-corrected chi connectivity index (χ0v) is 13.2. The van der Waals surface area contributed by atoms with E-state index in [-0.39, 0.29) is 11.9 Å². The lowest BCUT2D eigenvalue weighted by molar-refractivity contribution is 0.544. The quantitative estimate of drug-likeness (QED) is 0.885. The van der Waals surface area contributed by atoms with Gasteiger partial charge in [0.25, 0.3) is 0 Å². The Bertz CT molecular complexity index is 569. The van der Waals surface area contributed by atoms with Crippen LogP contribution in [0.2, 0.25) is 0 Å². The number of pyridine rings is 1. The molecule has 2 nitrogen and oxygen atoms in total. The number of nitrogens with one attached hydrogen (secondary N) is 1. The smallest absolute Gasteiger partial charge is 0.123 e. The summed E-state index contributed by atoms with van der Waals surface area (Å²) >= 11 is 3.48. The van der Waals surface area contributed by atoms with Crippen LogP contribution in [0.3, 0.4) is 0 Å².